The number of carbonyl (C=O) groups is 1. The minimum absolute atomic E-state index is 0.00568. The molecule has 4 nitrogen and oxygen atoms in total. The molecule has 3 rings (SSSR count). The normalized spacial score (nSPS) is 23.4. The van der Waals surface area contributed by atoms with Crippen molar-refractivity contribution < 1.29 is 17.6 Å². The molecule has 6 heteroatoms. The number of halogens is 1. The lowest BCUT2D eigenvalue weighted by atomic mass is 10.1. The van der Waals surface area contributed by atoms with E-state index >= 15 is 0 Å². The minimum Gasteiger partial charge on any atom is -0.336 e. The van der Waals surface area contributed by atoms with Crippen LogP contribution in [-0.2, 0) is 21.1 Å². The zero-order valence-corrected chi connectivity index (χ0v) is 13.2. The SMILES string of the molecule is O=C(CCc1cccc(F)c1)N(C1CC1)C1CCS(=O)(=O)C1. The fourth-order valence-corrected chi connectivity index (χ4v) is 4.84. The van der Waals surface area contributed by atoms with Crippen LogP contribution in [0.4, 0.5) is 4.39 Å². The van der Waals surface area contributed by atoms with Crippen molar-refractivity contribution in [2.24, 2.45) is 0 Å². The minimum atomic E-state index is -3.00. The van der Waals surface area contributed by atoms with Gasteiger partial charge in [0.05, 0.1) is 11.5 Å². The summed E-state index contributed by atoms with van der Waals surface area (Å²) in [5.41, 5.74) is 0.795. The van der Waals surface area contributed by atoms with E-state index in [0.29, 0.717) is 19.3 Å². The van der Waals surface area contributed by atoms with Crippen LogP contribution in [0.3, 0.4) is 0 Å². The van der Waals surface area contributed by atoms with Gasteiger partial charge < -0.3 is 4.90 Å². The summed E-state index contributed by atoms with van der Waals surface area (Å²) >= 11 is 0. The van der Waals surface area contributed by atoms with Gasteiger partial charge in [-0.05, 0) is 43.4 Å². The van der Waals surface area contributed by atoms with Crippen LogP contribution < -0.4 is 0 Å². The fourth-order valence-electron chi connectivity index (χ4n) is 3.13. The third-order valence-electron chi connectivity index (χ3n) is 4.35. The van der Waals surface area contributed by atoms with E-state index in [1.807, 2.05) is 0 Å². The predicted molar refractivity (Wildman–Crippen MR) is 81.6 cm³/mol. The van der Waals surface area contributed by atoms with Gasteiger partial charge in [0.25, 0.3) is 0 Å². The Hall–Kier alpha value is -1.43. The van der Waals surface area contributed by atoms with Gasteiger partial charge in [-0.1, -0.05) is 12.1 Å². The molecule has 1 heterocycles. The van der Waals surface area contributed by atoms with Gasteiger partial charge >= 0.3 is 0 Å². The number of hydrogen-bond acceptors (Lipinski definition) is 3. The van der Waals surface area contributed by atoms with Gasteiger partial charge in [0, 0.05) is 18.5 Å². The van der Waals surface area contributed by atoms with Crippen molar-refractivity contribution >= 4 is 15.7 Å². The van der Waals surface area contributed by atoms with Crippen LogP contribution in [0.15, 0.2) is 24.3 Å². The molecular weight excluding hydrogens is 305 g/mol. The Balaban J connectivity index is 1.63. The largest absolute Gasteiger partial charge is 0.336 e. The van der Waals surface area contributed by atoms with E-state index < -0.39 is 9.84 Å². The molecule has 1 aliphatic carbocycles. The molecule has 0 spiro atoms. The monoisotopic (exact) mass is 325 g/mol. The standard InChI is InChI=1S/C16H20FNO3S/c17-13-3-1-2-12(10-13)4-7-16(19)18(14-5-6-14)15-8-9-22(20,21)11-15/h1-3,10,14-15H,4-9,11H2. The van der Waals surface area contributed by atoms with E-state index in [4.69, 9.17) is 0 Å². The molecule has 1 saturated heterocycles. The molecule has 120 valence electrons. The fraction of sp³-hybridized carbons (Fsp3) is 0.562. The van der Waals surface area contributed by atoms with Crippen LogP contribution >= 0.6 is 0 Å². The Bertz CT molecular complexity index is 670. The zero-order chi connectivity index (χ0) is 15.7. The molecular formula is C16H20FNO3S. The summed E-state index contributed by atoms with van der Waals surface area (Å²) in [5, 5.41) is 0. The number of hydrogen-bond donors (Lipinski definition) is 0. The number of nitrogens with zero attached hydrogens (tertiary/aromatic N) is 1. The summed E-state index contributed by atoms with van der Waals surface area (Å²) < 4.78 is 36.5. The molecule has 0 N–H and O–H groups in total. The van der Waals surface area contributed by atoms with E-state index in [2.05, 4.69) is 0 Å². The van der Waals surface area contributed by atoms with Crippen LogP contribution in [0.25, 0.3) is 0 Å². The zero-order valence-electron chi connectivity index (χ0n) is 12.4. The lowest BCUT2D eigenvalue weighted by Gasteiger charge is -2.28. The van der Waals surface area contributed by atoms with Crippen molar-refractivity contribution in [2.45, 2.75) is 44.2 Å². The number of amides is 1. The van der Waals surface area contributed by atoms with Gasteiger partial charge in [-0.25, -0.2) is 12.8 Å². The number of rotatable bonds is 5. The molecule has 0 aromatic heterocycles. The van der Waals surface area contributed by atoms with Gasteiger partial charge in [-0.15, -0.1) is 0 Å². The molecule has 1 unspecified atom stereocenters. The quantitative estimate of drug-likeness (QED) is 0.831. The van der Waals surface area contributed by atoms with Gasteiger partial charge in [0.2, 0.25) is 5.91 Å². The van der Waals surface area contributed by atoms with Gasteiger partial charge in [0.15, 0.2) is 9.84 Å². The van der Waals surface area contributed by atoms with Crippen molar-refractivity contribution in [2.75, 3.05) is 11.5 Å². The first-order chi connectivity index (χ1) is 10.4. The van der Waals surface area contributed by atoms with Crippen LogP contribution in [-0.4, -0.2) is 42.8 Å². The van der Waals surface area contributed by atoms with Crippen molar-refractivity contribution in [3.05, 3.63) is 35.6 Å². The summed E-state index contributed by atoms with van der Waals surface area (Å²) in [6, 6.07) is 6.30. The first-order valence-corrected chi connectivity index (χ1v) is 9.53. The number of carbonyl (C=O) groups excluding carboxylic acids is 1. The van der Waals surface area contributed by atoms with Gasteiger partial charge in [0.1, 0.15) is 5.82 Å². The Morgan fingerprint density at radius 1 is 1.23 bits per heavy atom. The van der Waals surface area contributed by atoms with Gasteiger partial charge in [-0.3, -0.25) is 4.79 Å². The van der Waals surface area contributed by atoms with Crippen molar-refractivity contribution in [3.63, 3.8) is 0 Å². The third kappa shape index (κ3) is 3.66. The Kier molecular flexibility index (Phi) is 4.21. The highest BCUT2D eigenvalue weighted by Crippen LogP contribution is 2.32. The maximum absolute atomic E-state index is 13.2. The van der Waals surface area contributed by atoms with E-state index in [1.165, 1.54) is 12.1 Å². The van der Waals surface area contributed by atoms with Crippen molar-refractivity contribution in [1.82, 2.24) is 4.90 Å². The van der Waals surface area contributed by atoms with E-state index in [0.717, 1.165) is 18.4 Å². The maximum atomic E-state index is 13.2. The van der Waals surface area contributed by atoms with Crippen LogP contribution in [0.5, 0.6) is 0 Å². The highest BCUT2D eigenvalue weighted by atomic mass is 32.2. The van der Waals surface area contributed by atoms with E-state index in [1.54, 1.807) is 17.0 Å². The molecule has 2 aliphatic rings. The van der Waals surface area contributed by atoms with E-state index in [-0.39, 0.29) is 35.3 Å². The maximum Gasteiger partial charge on any atom is 0.223 e. The van der Waals surface area contributed by atoms with E-state index in [9.17, 15) is 17.6 Å². The third-order valence-corrected chi connectivity index (χ3v) is 6.10. The molecule has 1 aromatic carbocycles. The Morgan fingerprint density at radius 2 is 2.00 bits per heavy atom. The highest BCUT2D eigenvalue weighted by molar-refractivity contribution is 7.91. The lowest BCUT2D eigenvalue weighted by Crippen LogP contribution is -2.42. The second-order valence-corrected chi connectivity index (χ2v) is 8.45. The summed E-state index contributed by atoms with van der Waals surface area (Å²) in [5.74, 6) is -0.0347. The second-order valence-electron chi connectivity index (χ2n) is 6.22. The van der Waals surface area contributed by atoms with Crippen LogP contribution in [0.1, 0.15) is 31.2 Å². The summed E-state index contributed by atoms with van der Waals surface area (Å²) in [6.07, 6.45) is 3.25. The molecule has 1 amide bonds. The first kappa shape index (κ1) is 15.5. The molecule has 22 heavy (non-hydrogen) atoms. The Labute approximate surface area is 130 Å². The van der Waals surface area contributed by atoms with Crippen molar-refractivity contribution in [1.29, 1.82) is 0 Å². The number of benzene rings is 1. The topological polar surface area (TPSA) is 54.5 Å². The predicted octanol–water partition coefficient (Wildman–Crippen LogP) is 1.94. The average molecular weight is 325 g/mol. The Morgan fingerprint density at radius 3 is 2.59 bits per heavy atom. The second kappa shape index (κ2) is 5.99. The number of sulfone groups is 1. The molecule has 1 aliphatic heterocycles. The highest BCUT2D eigenvalue weighted by Gasteiger charge is 2.41. The summed E-state index contributed by atoms with van der Waals surface area (Å²) in [7, 11) is -3.00. The average Bonchev–Trinajstić information content (AvgIpc) is 3.21. The first-order valence-electron chi connectivity index (χ1n) is 7.71. The summed E-state index contributed by atoms with van der Waals surface area (Å²) in [6.45, 7) is 0. The number of aryl methyl sites for hydroxylation is 1. The molecule has 2 fully saturated rings. The molecule has 1 aromatic rings. The van der Waals surface area contributed by atoms with Crippen LogP contribution in [0.2, 0.25) is 0 Å². The van der Waals surface area contributed by atoms with Crippen molar-refractivity contribution in [3.8, 4) is 0 Å². The van der Waals surface area contributed by atoms with Gasteiger partial charge in [-0.2, -0.15) is 0 Å². The van der Waals surface area contributed by atoms with Crippen LogP contribution in [0, 0.1) is 5.82 Å². The molecule has 0 bridgehead atoms. The lowest BCUT2D eigenvalue weighted by molar-refractivity contribution is -0.133. The molecule has 1 saturated carbocycles. The molecule has 1 atom stereocenters. The smallest absolute Gasteiger partial charge is 0.223 e. The molecule has 0 radical (unpaired) electrons. The summed E-state index contributed by atoms with van der Waals surface area (Å²) in [4.78, 5) is 14.3.